The van der Waals surface area contributed by atoms with Crippen LogP contribution < -0.4 is 9.54 Å². The Morgan fingerprint density at radius 1 is 1.32 bits per heavy atom. The lowest BCUT2D eigenvalue weighted by Gasteiger charge is -2.15. The van der Waals surface area contributed by atoms with Gasteiger partial charge >= 0.3 is 6.18 Å². The van der Waals surface area contributed by atoms with E-state index >= 15 is 0 Å². The number of hydrogen-bond acceptors (Lipinski definition) is 6. The smallest absolute Gasteiger partial charge is 0.416 e. The van der Waals surface area contributed by atoms with Crippen molar-refractivity contribution in [3.05, 3.63) is 45.2 Å². The van der Waals surface area contributed by atoms with Crippen molar-refractivity contribution in [3.63, 3.8) is 0 Å². The summed E-state index contributed by atoms with van der Waals surface area (Å²) in [5.41, 5.74) is -1.32. The van der Waals surface area contributed by atoms with E-state index in [0.29, 0.717) is 18.0 Å². The summed E-state index contributed by atoms with van der Waals surface area (Å²) in [7, 11) is 0. The van der Waals surface area contributed by atoms with E-state index in [0.717, 1.165) is 35.9 Å². The lowest BCUT2D eigenvalue weighted by Crippen LogP contribution is -2.23. The number of halogens is 3. The molecule has 1 aromatic carbocycles. The number of hydrogen-bond donors (Lipinski definition) is 1. The lowest BCUT2D eigenvalue weighted by molar-refractivity contribution is -0.137. The Kier molecular flexibility index (Phi) is 7.87. The highest BCUT2D eigenvalue weighted by Crippen LogP contribution is 2.33. The molecule has 186 valence electrons. The van der Waals surface area contributed by atoms with Gasteiger partial charge in [-0.25, -0.2) is 0 Å². The number of amides is 1. The summed E-state index contributed by atoms with van der Waals surface area (Å²) in [5, 5.41) is 11.8. The highest BCUT2D eigenvalue weighted by molar-refractivity contribution is 7.09. The number of thiazole rings is 1. The van der Waals surface area contributed by atoms with Crippen molar-refractivity contribution in [2.24, 2.45) is 10.1 Å². The van der Waals surface area contributed by atoms with E-state index in [1.165, 1.54) is 18.3 Å². The van der Waals surface area contributed by atoms with Crippen molar-refractivity contribution in [2.75, 3.05) is 13.2 Å². The zero-order valence-electron chi connectivity index (χ0n) is 19.5. The zero-order chi connectivity index (χ0) is 25.1. The Balaban J connectivity index is 2.05. The Labute approximate surface area is 199 Å². The van der Waals surface area contributed by atoms with Gasteiger partial charge in [-0.1, -0.05) is 25.9 Å². The van der Waals surface area contributed by atoms with Crippen LogP contribution >= 0.6 is 11.3 Å². The molecule has 0 unspecified atom stereocenters. The summed E-state index contributed by atoms with van der Waals surface area (Å²) in [6, 6.07) is 2.64. The van der Waals surface area contributed by atoms with Crippen molar-refractivity contribution in [3.8, 4) is 5.75 Å². The van der Waals surface area contributed by atoms with Crippen LogP contribution in [0, 0.1) is 0 Å². The molecular formula is C23H28F3N3O4S. The number of oxime groups is 1. The van der Waals surface area contributed by atoms with Gasteiger partial charge in [0.1, 0.15) is 12.4 Å². The van der Waals surface area contributed by atoms with E-state index in [9.17, 15) is 18.0 Å². The molecule has 2 aromatic rings. The fraction of sp³-hybridized carbons (Fsp3) is 0.522. The standard InChI is InChI=1S/C23H28F3N3O4S/c1-14(28-31)13-33-18-8-7-15(23(24,25)26)10-17(18)20(30)27-21-29(11-16-6-5-9-32-16)12-19(34-21)22(2,3)4/h7-8,10,12,16,31H,5-6,9,11,13H2,1-4H3/b27-21?,28-14+/t16-/m1/s1. The van der Waals surface area contributed by atoms with Crippen LogP contribution in [0.15, 0.2) is 34.5 Å². The van der Waals surface area contributed by atoms with Crippen LogP contribution in [0.2, 0.25) is 0 Å². The number of alkyl halides is 3. The summed E-state index contributed by atoms with van der Waals surface area (Å²) >= 11 is 1.31. The number of carbonyl (C=O) groups is 1. The summed E-state index contributed by atoms with van der Waals surface area (Å²) in [6.07, 6.45) is -0.890. The summed E-state index contributed by atoms with van der Waals surface area (Å²) in [6.45, 7) is 8.54. The number of nitrogens with zero attached hydrogens (tertiary/aromatic N) is 3. The first-order chi connectivity index (χ1) is 15.9. The maximum absolute atomic E-state index is 13.3. The second-order valence-corrected chi connectivity index (χ2v) is 10.2. The van der Waals surface area contributed by atoms with Crippen LogP contribution in [0.5, 0.6) is 5.75 Å². The fourth-order valence-corrected chi connectivity index (χ4v) is 4.37. The summed E-state index contributed by atoms with van der Waals surface area (Å²) in [4.78, 5) is 18.7. The van der Waals surface area contributed by atoms with Gasteiger partial charge in [0.25, 0.3) is 5.91 Å². The zero-order valence-corrected chi connectivity index (χ0v) is 20.3. The Morgan fingerprint density at radius 3 is 2.65 bits per heavy atom. The SMILES string of the molecule is C/C(COc1ccc(C(F)(F)F)cc1C(=O)N=c1sc(C(C)(C)C)cn1C[C@H]1CCCO1)=N\O. The highest BCUT2D eigenvalue weighted by Gasteiger charge is 2.32. The molecule has 2 heterocycles. The first-order valence-electron chi connectivity index (χ1n) is 10.8. The largest absolute Gasteiger partial charge is 0.487 e. The van der Waals surface area contributed by atoms with Gasteiger partial charge in [0.2, 0.25) is 0 Å². The predicted molar refractivity (Wildman–Crippen MR) is 122 cm³/mol. The molecule has 3 rings (SSSR count). The quantitative estimate of drug-likeness (QED) is 0.344. The first-order valence-corrected chi connectivity index (χ1v) is 11.6. The third-order valence-electron chi connectivity index (χ3n) is 5.23. The molecule has 1 atom stereocenters. The second-order valence-electron chi connectivity index (χ2n) is 9.16. The second kappa shape index (κ2) is 10.3. The van der Waals surface area contributed by atoms with Gasteiger partial charge in [0.15, 0.2) is 4.80 Å². The third-order valence-corrected chi connectivity index (χ3v) is 6.67. The van der Waals surface area contributed by atoms with E-state index in [2.05, 4.69) is 10.1 Å². The molecule has 1 amide bonds. The first kappa shape index (κ1) is 26.0. The molecule has 0 bridgehead atoms. The van der Waals surface area contributed by atoms with Gasteiger partial charge in [0, 0.05) is 17.7 Å². The molecule has 1 N–H and O–H groups in total. The van der Waals surface area contributed by atoms with Crippen molar-refractivity contribution in [1.82, 2.24) is 4.57 Å². The normalized spacial score (nSPS) is 17.9. The minimum Gasteiger partial charge on any atom is -0.487 e. The topological polar surface area (TPSA) is 85.4 Å². The maximum atomic E-state index is 13.3. The van der Waals surface area contributed by atoms with Gasteiger partial charge in [-0.05, 0) is 43.4 Å². The van der Waals surface area contributed by atoms with Gasteiger partial charge in [-0.3, -0.25) is 4.79 Å². The average Bonchev–Trinajstić information content (AvgIpc) is 3.41. The van der Waals surface area contributed by atoms with E-state index in [4.69, 9.17) is 14.7 Å². The van der Waals surface area contributed by atoms with Crippen molar-refractivity contribution >= 4 is 23.0 Å². The van der Waals surface area contributed by atoms with E-state index in [1.807, 2.05) is 31.5 Å². The van der Waals surface area contributed by atoms with Crippen molar-refractivity contribution in [2.45, 2.75) is 64.8 Å². The van der Waals surface area contributed by atoms with Gasteiger partial charge < -0.3 is 19.2 Å². The molecular weight excluding hydrogens is 471 g/mol. The molecule has 0 radical (unpaired) electrons. The minimum absolute atomic E-state index is 0.00957. The maximum Gasteiger partial charge on any atom is 0.416 e. The molecule has 0 saturated carbocycles. The highest BCUT2D eigenvalue weighted by atomic mass is 32.1. The van der Waals surface area contributed by atoms with Gasteiger partial charge in [-0.2, -0.15) is 18.2 Å². The fourth-order valence-electron chi connectivity index (χ4n) is 3.31. The Hall–Kier alpha value is -2.66. The molecule has 1 saturated heterocycles. The molecule has 1 aliphatic heterocycles. The third kappa shape index (κ3) is 6.47. The monoisotopic (exact) mass is 499 g/mol. The number of rotatable bonds is 6. The molecule has 1 aliphatic rings. The predicted octanol–water partition coefficient (Wildman–Crippen LogP) is 5.01. The van der Waals surface area contributed by atoms with Crippen LogP contribution in [-0.4, -0.2) is 40.7 Å². The Bertz CT molecular complexity index is 1120. The molecule has 0 aliphatic carbocycles. The molecule has 11 heteroatoms. The van der Waals surface area contributed by atoms with E-state index in [1.54, 1.807) is 0 Å². The van der Waals surface area contributed by atoms with Crippen LogP contribution in [0.3, 0.4) is 0 Å². The van der Waals surface area contributed by atoms with E-state index in [-0.39, 0.29) is 35.2 Å². The summed E-state index contributed by atoms with van der Waals surface area (Å²) in [5.74, 6) is -0.939. The number of ether oxygens (including phenoxy) is 2. The molecule has 34 heavy (non-hydrogen) atoms. The van der Waals surface area contributed by atoms with Crippen LogP contribution in [-0.2, 0) is 22.9 Å². The molecule has 1 fully saturated rings. The number of aromatic nitrogens is 1. The molecule has 1 aromatic heterocycles. The average molecular weight is 500 g/mol. The Morgan fingerprint density at radius 2 is 2.06 bits per heavy atom. The molecule has 7 nitrogen and oxygen atoms in total. The summed E-state index contributed by atoms with van der Waals surface area (Å²) < 4.78 is 53.0. The van der Waals surface area contributed by atoms with Crippen LogP contribution in [0.4, 0.5) is 13.2 Å². The van der Waals surface area contributed by atoms with Crippen molar-refractivity contribution < 1.29 is 32.6 Å². The van der Waals surface area contributed by atoms with Crippen LogP contribution in [0.1, 0.15) is 61.3 Å². The lowest BCUT2D eigenvalue weighted by atomic mass is 9.95. The van der Waals surface area contributed by atoms with Gasteiger partial charge in [-0.15, -0.1) is 11.3 Å². The number of carbonyl (C=O) groups excluding carboxylic acids is 1. The van der Waals surface area contributed by atoms with Crippen molar-refractivity contribution in [1.29, 1.82) is 0 Å². The number of benzene rings is 1. The van der Waals surface area contributed by atoms with Gasteiger partial charge in [0.05, 0.1) is 29.5 Å². The van der Waals surface area contributed by atoms with E-state index < -0.39 is 17.6 Å². The van der Waals surface area contributed by atoms with Crippen LogP contribution in [0.25, 0.3) is 0 Å². The molecule has 0 spiro atoms. The minimum atomic E-state index is -4.64.